The van der Waals surface area contributed by atoms with Crippen LogP contribution >= 0.6 is 0 Å². The summed E-state index contributed by atoms with van der Waals surface area (Å²) in [6.07, 6.45) is 51.9. The van der Waals surface area contributed by atoms with E-state index < -0.39 is 49.5 Å². The summed E-state index contributed by atoms with van der Waals surface area (Å²) in [6, 6.07) is -0.818. The summed E-state index contributed by atoms with van der Waals surface area (Å²) in [4.78, 5) is 25.0. The van der Waals surface area contributed by atoms with E-state index in [0.29, 0.717) is 19.4 Å². The summed E-state index contributed by atoms with van der Waals surface area (Å²) >= 11 is 0. The number of aliphatic hydroxyl groups excluding tert-OH is 5. The summed E-state index contributed by atoms with van der Waals surface area (Å²) < 4.78 is 16.7. The average Bonchev–Trinajstić information content (AvgIpc) is 3.37. The molecule has 414 valence electrons. The van der Waals surface area contributed by atoms with Gasteiger partial charge in [0.1, 0.15) is 24.4 Å². The molecule has 1 aliphatic heterocycles. The van der Waals surface area contributed by atoms with E-state index in [-0.39, 0.29) is 18.5 Å². The van der Waals surface area contributed by atoms with Crippen LogP contribution in [0.5, 0.6) is 0 Å². The fourth-order valence-electron chi connectivity index (χ4n) is 8.93. The molecule has 0 aromatic rings. The van der Waals surface area contributed by atoms with Crippen molar-refractivity contribution >= 4 is 11.9 Å². The van der Waals surface area contributed by atoms with E-state index >= 15 is 0 Å². The summed E-state index contributed by atoms with van der Waals surface area (Å²) in [6.45, 7) is 4.25. The number of carbonyl (C=O) groups is 2. The number of amides is 1. The molecular formula is C60H109NO10. The number of carbonyl (C=O) groups excluding carboxylic acids is 2. The molecule has 0 aromatic heterocycles. The van der Waals surface area contributed by atoms with Crippen molar-refractivity contribution in [3.05, 3.63) is 48.6 Å². The van der Waals surface area contributed by atoms with Crippen molar-refractivity contribution in [2.75, 3.05) is 19.8 Å². The number of hydrogen-bond acceptors (Lipinski definition) is 10. The van der Waals surface area contributed by atoms with Crippen LogP contribution in [0.1, 0.15) is 258 Å². The SMILES string of the molecule is CCCC/C=C\CCCCCCCC(=O)OCCCCC/C=C\C=C/CCCCCCCCCCCCC(=O)NC(COC1OC(CO)C(O)C(O)C1O)C(O)/C=C/CCCCCCCCCCCCC. The Morgan fingerprint density at radius 3 is 1.48 bits per heavy atom. The summed E-state index contributed by atoms with van der Waals surface area (Å²) in [5, 5.41) is 54.4. The Kier molecular flexibility index (Phi) is 46.7. The Hall–Kier alpha value is -2.38. The molecule has 7 unspecified atom stereocenters. The Morgan fingerprint density at radius 1 is 0.521 bits per heavy atom. The third-order valence-corrected chi connectivity index (χ3v) is 13.7. The fraction of sp³-hybridized carbons (Fsp3) is 0.833. The van der Waals surface area contributed by atoms with Crippen LogP contribution in [0.4, 0.5) is 0 Å². The number of ether oxygens (including phenoxy) is 3. The number of aliphatic hydroxyl groups is 5. The van der Waals surface area contributed by atoms with Crippen molar-refractivity contribution in [3.63, 3.8) is 0 Å². The minimum absolute atomic E-state index is 0.0398. The summed E-state index contributed by atoms with van der Waals surface area (Å²) in [7, 11) is 0. The molecule has 6 N–H and O–H groups in total. The van der Waals surface area contributed by atoms with Gasteiger partial charge in [0.05, 0.1) is 32.0 Å². The first-order valence-electron chi connectivity index (χ1n) is 29.4. The number of allylic oxidation sites excluding steroid dienone is 7. The molecule has 1 saturated heterocycles. The number of nitrogens with one attached hydrogen (secondary N) is 1. The molecule has 0 spiro atoms. The molecule has 11 nitrogen and oxygen atoms in total. The van der Waals surface area contributed by atoms with Gasteiger partial charge in [-0.2, -0.15) is 0 Å². The van der Waals surface area contributed by atoms with Gasteiger partial charge in [0.2, 0.25) is 5.91 Å². The smallest absolute Gasteiger partial charge is 0.305 e. The van der Waals surface area contributed by atoms with E-state index in [9.17, 15) is 35.1 Å². The monoisotopic (exact) mass is 1000 g/mol. The number of rotatable bonds is 50. The van der Waals surface area contributed by atoms with Crippen molar-refractivity contribution in [1.29, 1.82) is 0 Å². The number of hydrogen-bond donors (Lipinski definition) is 6. The average molecular weight is 1000 g/mol. The molecule has 0 aliphatic carbocycles. The molecule has 1 fully saturated rings. The molecule has 1 rings (SSSR count). The lowest BCUT2D eigenvalue weighted by atomic mass is 9.99. The molecule has 0 bridgehead atoms. The maximum absolute atomic E-state index is 13.0. The lowest BCUT2D eigenvalue weighted by molar-refractivity contribution is -0.302. The second-order valence-corrected chi connectivity index (χ2v) is 20.4. The highest BCUT2D eigenvalue weighted by Crippen LogP contribution is 2.23. The molecular weight excluding hydrogens is 895 g/mol. The Bertz CT molecular complexity index is 1320. The van der Waals surface area contributed by atoms with Crippen LogP contribution in [0.15, 0.2) is 48.6 Å². The minimum atomic E-state index is -1.58. The third kappa shape index (κ3) is 39.7. The molecule has 1 aliphatic rings. The minimum Gasteiger partial charge on any atom is -0.466 e. The Labute approximate surface area is 434 Å². The van der Waals surface area contributed by atoms with Crippen LogP contribution in [-0.2, 0) is 23.8 Å². The molecule has 0 aromatic carbocycles. The molecule has 71 heavy (non-hydrogen) atoms. The van der Waals surface area contributed by atoms with E-state index in [1.54, 1.807) is 6.08 Å². The highest BCUT2D eigenvalue weighted by atomic mass is 16.7. The van der Waals surface area contributed by atoms with Crippen molar-refractivity contribution < 1.29 is 49.3 Å². The first-order chi connectivity index (χ1) is 34.7. The maximum atomic E-state index is 13.0. The normalized spacial score (nSPS) is 19.5. The van der Waals surface area contributed by atoms with Gasteiger partial charge in [0.15, 0.2) is 6.29 Å². The van der Waals surface area contributed by atoms with Crippen molar-refractivity contribution in [2.24, 2.45) is 0 Å². The lowest BCUT2D eigenvalue weighted by Crippen LogP contribution is -2.60. The standard InChI is InChI=1S/C60H109NO10/c1-3-5-7-9-11-13-15-23-27-30-34-38-42-46-53(63)52(51-70-60-59(68)58(67)57(66)54(50-62)71-60)61-55(64)47-43-39-35-31-28-24-21-19-17-16-18-20-22-25-29-33-37-41-45-49-69-56(65)48-44-40-36-32-26-14-12-10-8-6-4-2/h10,12,20,22,25,29,42,46,52-54,57-60,62-63,66-68H,3-9,11,13-19,21,23-24,26-28,30-41,43-45,47-51H2,1-2H3,(H,61,64)/b12-10-,22-20-,29-25-,46-42+. The molecule has 0 radical (unpaired) electrons. The predicted molar refractivity (Wildman–Crippen MR) is 292 cm³/mol. The Morgan fingerprint density at radius 2 is 0.958 bits per heavy atom. The van der Waals surface area contributed by atoms with Crippen molar-refractivity contribution in [3.8, 4) is 0 Å². The summed E-state index contributed by atoms with van der Waals surface area (Å²) in [5.74, 6) is -0.232. The molecule has 11 heteroatoms. The third-order valence-electron chi connectivity index (χ3n) is 13.7. The zero-order valence-corrected chi connectivity index (χ0v) is 45.4. The van der Waals surface area contributed by atoms with Gasteiger partial charge in [-0.05, 0) is 83.5 Å². The van der Waals surface area contributed by atoms with E-state index in [1.165, 1.54) is 141 Å². The van der Waals surface area contributed by atoms with Gasteiger partial charge in [-0.25, -0.2) is 0 Å². The largest absolute Gasteiger partial charge is 0.466 e. The van der Waals surface area contributed by atoms with Crippen LogP contribution in [0.3, 0.4) is 0 Å². The van der Waals surface area contributed by atoms with Crippen molar-refractivity contribution in [1.82, 2.24) is 5.32 Å². The molecule has 0 saturated carbocycles. The highest BCUT2D eigenvalue weighted by molar-refractivity contribution is 5.76. The second kappa shape index (κ2) is 49.8. The van der Waals surface area contributed by atoms with E-state index in [1.807, 2.05) is 6.08 Å². The lowest BCUT2D eigenvalue weighted by Gasteiger charge is -2.40. The zero-order valence-electron chi connectivity index (χ0n) is 45.4. The van der Waals surface area contributed by atoms with Gasteiger partial charge >= 0.3 is 5.97 Å². The molecule has 1 heterocycles. The second-order valence-electron chi connectivity index (χ2n) is 20.4. The van der Waals surface area contributed by atoms with Gasteiger partial charge in [0, 0.05) is 12.8 Å². The van der Waals surface area contributed by atoms with Gasteiger partial charge in [0.25, 0.3) is 0 Å². The van der Waals surface area contributed by atoms with Crippen LogP contribution < -0.4 is 5.32 Å². The van der Waals surface area contributed by atoms with Gasteiger partial charge in [-0.3, -0.25) is 9.59 Å². The van der Waals surface area contributed by atoms with Gasteiger partial charge < -0.3 is 45.1 Å². The van der Waals surface area contributed by atoms with Crippen LogP contribution in [-0.4, -0.2) is 100 Å². The van der Waals surface area contributed by atoms with Crippen LogP contribution in [0, 0.1) is 0 Å². The van der Waals surface area contributed by atoms with E-state index in [0.717, 1.165) is 89.9 Å². The topological polar surface area (TPSA) is 175 Å². The molecule has 1 amide bonds. The highest BCUT2D eigenvalue weighted by Gasteiger charge is 2.44. The number of esters is 1. The molecule has 7 atom stereocenters. The summed E-state index contributed by atoms with van der Waals surface area (Å²) in [5.41, 5.74) is 0. The zero-order chi connectivity index (χ0) is 51.7. The van der Waals surface area contributed by atoms with E-state index in [4.69, 9.17) is 14.2 Å². The number of unbranched alkanes of at least 4 members (excludes halogenated alkanes) is 31. The quantitative estimate of drug-likeness (QED) is 0.0149. The fourth-order valence-corrected chi connectivity index (χ4v) is 8.93. The van der Waals surface area contributed by atoms with Gasteiger partial charge in [-0.15, -0.1) is 0 Å². The van der Waals surface area contributed by atoms with Gasteiger partial charge in [-0.1, -0.05) is 210 Å². The van der Waals surface area contributed by atoms with Crippen molar-refractivity contribution in [2.45, 2.75) is 301 Å². The maximum Gasteiger partial charge on any atom is 0.305 e. The first kappa shape index (κ1) is 66.6. The Balaban J connectivity index is 2.14. The predicted octanol–water partition coefficient (Wildman–Crippen LogP) is 13.3. The van der Waals surface area contributed by atoms with Crippen LogP contribution in [0.25, 0.3) is 0 Å². The first-order valence-corrected chi connectivity index (χ1v) is 29.4. The van der Waals surface area contributed by atoms with E-state index in [2.05, 4.69) is 55.6 Å². The van der Waals surface area contributed by atoms with Crippen LogP contribution in [0.2, 0.25) is 0 Å².